The topological polar surface area (TPSA) is 187 Å². The Bertz CT molecular complexity index is 2850. The molecule has 9 rings (SSSR count). The molecule has 0 bridgehead atoms. The van der Waals surface area contributed by atoms with Crippen molar-refractivity contribution in [2.75, 3.05) is 11.1 Å². The fourth-order valence-corrected chi connectivity index (χ4v) is 6.87. The van der Waals surface area contributed by atoms with E-state index in [0.29, 0.717) is 29.1 Å². The van der Waals surface area contributed by atoms with Crippen LogP contribution in [0.5, 0.6) is 0 Å². The zero-order valence-corrected chi connectivity index (χ0v) is 33.4. The standard InChI is InChI=1S/C23H20F2N6O.C18H18N6O.C2H6/c1-3-4-5-15-6-13(2)17(11-26-15)16-7-14-10-27-20(30-22(32)18-9-23(18,24)25)8-19(14)31-21(16)28-12-29-31;1-3-16(25)14-4-10(2)13(8-20-14)12-5-11-7-21-17(19)6-15(11)24-18(12)22-9-23-24;1-2/h3,6-8,10-12,18H,1,4-5,9H2,2H3,(H,27,30,32);4-9,16,25H,3H2,1-2H3,(H2,19,21);1-2H3. The molecule has 0 saturated heterocycles. The van der Waals surface area contributed by atoms with Crippen molar-refractivity contribution in [1.82, 2.24) is 49.1 Å². The molecule has 8 aromatic rings. The van der Waals surface area contributed by atoms with Gasteiger partial charge in [0.2, 0.25) is 5.91 Å². The molecular formula is C43H44F2N12O2. The molecule has 0 spiro atoms. The number of amides is 1. The first-order chi connectivity index (χ1) is 28.4. The number of nitrogens with two attached hydrogens (primary N) is 1. The van der Waals surface area contributed by atoms with Crippen molar-refractivity contribution in [2.45, 2.75) is 72.3 Å². The van der Waals surface area contributed by atoms with E-state index in [9.17, 15) is 18.7 Å². The van der Waals surface area contributed by atoms with E-state index < -0.39 is 30.3 Å². The summed E-state index contributed by atoms with van der Waals surface area (Å²) in [6.07, 6.45) is 13.1. The molecule has 4 N–H and O–H groups in total. The number of halogens is 2. The molecule has 0 aromatic carbocycles. The SMILES string of the molecule is C=CCCc1cc(C)c(-c2cc3cnc(NC(=O)C4CC4(F)F)cc3n3ncnc23)cn1.CC.CCC(O)c1cc(C)c(-c2cc3cnc(N)cc3n3ncnc23)cn1. The maximum atomic E-state index is 13.2. The lowest BCUT2D eigenvalue weighted by Crippen LogP contribution is -2.18. The van der Waals surface area contributed by atoms with Gasteiger partial charge in [0.05, 0.1) is 22.8 Å². The van der Waals surface area contributed by atoms with E-state index in [2.05, 4.69) is 58.1 Å². The van der Waals surface area contributed by atoms with Gasteiger partial charge in [-0.25, -0.2) is 37.7 Å². The quantitative estimate of drug-likeness (QED) is 0.120. The third kappa shape index (κ3) is 8.03. The normalized spacial score (nSPS) is 14.7. The first kappa shape index (κ1) is 40.4. The number of aryl methyl sites for hydroxylation is 3. The Balaban J connectivity index is 0.000000177. The minimum Gasteiger partial charge on any atom is -0.387 e. The summed E-state index contributed by atoms with van der Waals surface area (Å²) < 4.78 is 29.8. The first-order valence-electron chi connectivity index (χ1n) is 19.4. The molecule has 1 fully saturated rings. The number of nitrogens with zero attached hydrogens (tertiary/aromatic N) is 10. The van der Waals surface area contributed by atoms with Gasteiger partial charge in [-0.05, 0) is 68.5 Å². The van der Waals surface area contributed by atoms with Crippen LogP contribution in [-0.4, -0.2) is 66.1 Å². The molecule has 2 atom stereocenters. The van der Waals surface area contributed by atoms with Crippen LogP contribution in [0, 0.1) is 19.8 Å². The van der Waals surface area contributed by atoms with Gasteiger partial charge in [-0.15, -0.1) is 6.58 Å². The first-order valence-corrected chi connectivity index (χ1v) is 19.4. The van der Waals surface area contributed by atoms with Crippen LogP contribution in [-0.2, 0) is 11.2 Å². The third-order valence-electron chi connectivity index (χ3n) is 10.1. The zero-order valence-electron chi connectivity index (χ0n) is 33.4. The second-order valence-electron chi connectivity index (χ2n) is 14.1. The molecule has 0 radical (unpaired) electrons. The number of hydrogen-bond acceptors (Lipinski definition) is 11. The number of allylic oxidation sites excluding steroid dienone is 1. The molecule has 1 saturated carbocycles. The van der Waals surface area contributed by atoms with Gasteiger partial charge in [-0.1, -0.05) is 26.8 Å². The Morgan fingerprint density at radius 3 is 2.00 bits per heavy atom. The van der Waals surface area contributed by atoms with E-state index >= 15 is 0 Å². The molecule has 8 aromatic heterocycles. The number of carbonyl (C=O) groups excluding carboxylic acids is 1. The van der Waals surface area contributed by atoms with Crippen LogP contribution in [0.2, 0.25) is 0 Å². The second kappa shape index (κ2) is 16.6. The zero-order chi connectivity index (χ0) is 42.0. The van der Waals surface area contributed by atoms with E-state index in [4.69, 9.17) is 5.73 Å². The van der Waals surface area contributed by atoms with Gasteiger partial charge in [0.15, 0.2) is 11.3 Å². The van der Waals surface area contributed by atoms with Crippen molar-refractivity contribution in [2.24, 2.45) is 5.92 Å². The summed E-state index contributed by atoms with van der Waals surface area (Å²) in [7, 11) is 0. The third-order valence-corrected chi connectivity index (χ3v) is 10.1. The molecular weight excluding hydrogens is 755 g/mol. The molecule has 1 aliphatic rings. The van der Waals surface area contributed by atoms with Crippen LogP contribution in [0.25, 0.3) is 55.4 Å². The van der Waals surface area contributed by atoms with Crippen LogP contribution in [0.4, 0.5) is 20.4 Å². The highest BCUT2D eigenvalue weighted by Crippen LogP contribution is 2.49. The van der Waals surface area contributed by atoms with Gasteiger partial charge in [0.25, 0.3) is 5.92 Å². The van der Waals surface area contributed by atoms with Crippen LogP contribution in [0.3, 0.4) is 0 Å². The van der Waals surface area contributed by atoms with E-state index in [1.54, 1.807) is 39.8 Å². The van der Waals surface area contributed by atoms with E-state index in [0.717, 1.165) is 73.9 Å². The number of hydrogen-bond donors (Lipinski definition) is 3. The smallest absolute Gasteiger partial charge is 0.260 e. The molecule has 1 aliphatic carbocycles. The van der Waals surface area contributed by atoms with Crippen LogP contribution in [0.15, 0.2) is 86.5 Å². The second-order valence-corrected chi connectivity index (χ2v) is 14.1. The average Bonchev–Trinajstić information content (AvgIpc) is 3.59. The number of aliphatic hydroxyl groups excluding tert-OH is 1. The minimum atomic E-state index is -2.93. The summed E-state index contributed by atoms with van der Waals surface area (Å²) in [5, 5.41) is 22.8. The molecule has 1 amide bonds. The Hall–Kier alpha value is -6.81. The summed E-state index contributed by atoms with van der Waals surface area (Å²) in [6, 6.07) is 11.3. The largest absolute Gasteiger partial charge is 0.387 e. The molecule has 0 aliphatic heterocycles. The minimum absolute atomic E-state index is 0.194. The lowest BCUT2D eigenvalue weighted by atomic mass is 10.0. The summed E-state index contributed by atoms with van der Waals surface area (Å²) in [5.41, 5.74) is 16.1. The van der Waals surface area contributed by atoms with Crippen LogP contribution in [0.1, 0.15) is 68.7 Å². The van der Waals surface area contributed by atoms with Gasteiger partial charge in [-0.2, -0.15) is 10.2 Å². The fourth-order valence-electron chi connectivity index (χ4n) is 6.87. The van der Waals surface area contributed by atoms with Crippen molar-refractivity contribution in [1.29, 1.82) is 0 Å². The summed E-state index contributed by atoms with van der Waals surface area (Å²) in [6.45, 7) is 13.7. The molecule has 302 valence electrons. The number of anilines is 2. The lowest BCUT2D eigenvalue weighted by Gasteiger charge is -2.13. The highest BCUT2D eigenvalue weighted by atomic mass is 19.3. The maximum Gasteiger partial charge on any atom is 0.260 e. The molecule has 2 unspecified atom stereocenters. The Labute approximate surface area is 338 Å². The monoisotopic (exact) mass is 798 g/mol. The average molecular weight is 799 g/mol. The number of carbonyl (C=O) groups is 1. The summed E-state index contributed by atoms with van der Waals surface area (Å²) >= 11 is 0. The Kier molecular flexibility index (Phi) is 11.3. The number of nitrogens with one attached hydrogen (secondary N) is 1. The number of fused-ring (bicyclic) bond motifs is 6. The summed E-state index contributed by atoms with van der Waals surface area (Å²) in [5.74, 6) is -4.32. The van der Waals surface area contributed by atoms with Gasteiger partial charge in [0, 0.05) is 82.1 Å². The summed E-state index contributed by atoms with van der Waals surface area (Å²) in [4.78, 5) is 38.3. The van der Waals surface area contributed by atoms with E-state index in [1.807, 2.05) is 65.1 Å². The van der Waals surface area contributed by atoms with Gasteiger partial charge in [-0.3, -0.25) is 14.8 Å². The van der Waals surface area contributed by atoms with Crippen molar-refractivity contribution >= 4 is 50.6 Å². The number of nitrogen functional groups attached to an aromatic ring is 1. The van der Waals surface area contributed by atoms with E-state index in [-0.39, 0.29) is 5.82 Å². The highest BCUT2D eigenvalue weighted by Gasteiger charge is 2.61. The van der Waals surface area contributed by atoms with E-state index in [1.165, 1.54) is 12.7 Å². The predicted octanol–water partition coefficient (Wildman–Crippen LogP) is 8.06. The van der Waals surface area contributed by atoms with Crippen molar-refractivity contribution in [3.63, 3.8) is 0 Å². The molecule has 16 heteroatoms. The maximum absolute atomic E-state index is 13.2. The van der Waals surface area contributed by atoms with Gasteiger partial charge < -0.3 is 16.2 Å². The van der Waals surface area contributed by atoms with Gasteiger partial charge in [0.1, 0.15) is 30.2 Å². The fraction of sp³-hybridized carbons (Fsp3) is 0.279. The van der Waals surface area contributed by atoms with Crippen molar-refractivity contribution < 1.29 is 18.7 Å². The Morgan fingerprint density at radius 2 is 1.44 bits per heavy atom. The lowest BCUT2D eigenvalue weighted by molar-refractivity contribution is -0.119. The number of aliphatic hydroxyl groups is 1. The van der Waals surface area contributed by atoms with Crippen molar-refractivity contribution in [3.8, 4) is 22.3 Å². The number of alkyl halides is 2. The predicted molar refractivity (Wildman–Crippen MR) is 224 cm³/mol. The van der Waals surface area contributed by atoms with Gasteiger partial charge >= 0.3 is 0 Å². The number of pyridine rings is 6. The number of rotatable bonds is 9. The Morgan fingerprint density at radius 1 is 0.864 bits per heavy atom. The molecule has 59 heavy (non-hydrogen) atoms. The molecule has 8 heterocycles. The van der Waals surface area contributed by atoms with Crippen molar-refractivity contribution in [3.05, 3.63) is 109 Å². The number of aromatic nitrogens is 10. The van der Waals surface area contributed by atoms with Crippen LogP contribution < -0.4 is 11.1 Å². The molecule has 14 nitrogen and oxygen atoms in total. The van der Waals surface area contributed by atoms with Crippen LogP contribution >= 0.6 is 0 Å². The highest BCUT2D eigenvalue weighted by molar-refractivity contribution is 5.97.